The molecule has 0 aliphatic carbocycles. The van der Waals surface area contributed by atoms with Crippen LogP contribution in [0.1, 0.15) is 38.4 Å². The summed E-state index contributed by atoms with van der Waals surface area (Å²) in [6, 6.07) is 3.91. The van der Waals surface area contributed by atoms with Crippen LogP contribution in [0.3, 0.4) is 0 Å². The van der Waals surface area contributed by atoms with Gasteiger partial charge in [0.25, 0.3) is 0 Å². The van der Waals surface area contributed by atoms with E-state index in [2.05, 4.69) is 18.8 Å². The van der Waals surface area contributed by atoms with E-state index in [-0.39, 0.29) is 12.2 Å². The molecule has 0 spiro atoms. The van der Waals surface area contributed by atoms with Gasteiger partial charge in [-0.05, 0) is 19.4 Å². The topological polar surface area (TPSA) is 48.1 Å². The molecule has 84 valence electrons. The predicted molar refractivity (Wildman–Crippen MR) is 61.5 cm³/mol. The first kappa shape index (κ1) is 12.1. The molecule has 0 saturated heterocycles. The summed E-state index contributed by atoms with van der Waals surface area (Å²) in [5.41, 5.74) is 6.75. The smallest absolute Gasteiger partial charge is 0.0965 e. The van der Waals surface area contributed by atoms with E-state index < -0.39 is 0 Å². The van der Waals surface area contributed by atoms with Crippen molar-refractivity contribution in [1.29, 1.82) is 0 Å². The first-order chi connectivity index (χ1) is 7.27. The van der Waals surface area contributed by atoms with Crippen molar-refractivity contribution < 1.29 is 4.74 Å². The third kappa shape index (κ3) is 3.98. The van der Waals surface area contributed by atoms with E-state index in [1.165, 1.54) is 0 Å². The van der Waals surface area contributed by atoms with Crippen molar-refractivity contribution in [2.75, 3.05) is 6.54 Å². The summed E-state index contributed by atoms with van der Waals surface area (Å²) in [6.07, 6.45) is 5.99. The quantitative estimate of drug-likeness (QED) is 0.780. The second kappa shape index (κ2) is 6.53. The van der Waals surface area contributed by atoms with Gasteiger partial charge in [0.2, 0.25) is 0 Å². The first-order valence-corrected chi connectivity index (χ1v) is 5.53. The molecule has 0 saturated carbocycles. The zero-order valence-electron chi connectivity index (χ0n) is 9.52. The Morgan fingerprint density at radius 2 is 2.33 bits per heavy atom. The summed E-state index contributed by atoms with van der Waals surface area (Å²) in [5.74, 6) is 0. The van der Waals surface area contributed by atoms with Gasteiger partial charge < -0.3 is 10.5 Å². The predicted octanol–water partition coefficient (Wildman–Crippen LogP) is 2.29. The van der Waals surface area contributed by atoms with Gasteiger partial charge in [0.15, 0.2) is 0 Å². The van der Waals surface area contributed by atoms with Crippen LogP contribution >= 0.6 is 0 Å². The van der Waals surface area contributed by atoms with Crippen LogP contribution in [0.25, 0.3) is 0 Å². The molecule has 3 nitrogen and oxygen atoms in total. The normalized spacial score (nSPS) is 14.9. The monoisotopic (exact) mass is 208 g/mol. The Kier molecular flexibility index (Phi) is 5.29. The third-order valence-electron chi connectivity index (χ3n) is 2.36. The lowest BCUT2D eigenvalue weighted by Crippen LogP contribution is -2.20. The van der Waals surface area contributed by atoms with E-state index in [1.807, 2.05) is 18.3 Å². The van der Waals surface area contributed by atoms with Gasteiger partial charge in [0.05, 0.1) is 12.2 Å². The molecule has 2 atom stereocenters. The molecular formula is C12H20N2O. The molecule has 2 N–H and O–H groups in total. The highest BCUT2D eigenvalue weighted by Crippen LogP contribution is 2.18. The highest BCUT2D eigenvalue weighted by molar-refractivity contribution is 5.12. The first-order valence-electron chi connectivity index (χ1n) is 5.53. The maximum absolute atomic E-state index is 5.86. The second-order valence-electron chi connectivity index (χ2n) is 3.75. The van der Waals surface area contributed by atoms with E-state index in [1.54, 1.807) is 6.20 Å². The van der Waals surface area contributed by atoms with Crippen molar-refractivity contribution in [1.82, 2.24) is 4.98 Å². The lowest BCUT2D eigenvalue weighted by Gasteiger charge is -2.20. The van der Waals surface area contributed by atoms with Gasteiger partial charge in [-0.3, -0.25) is 4.98 Å². The molecule has 2 unspecified atom stereocenters. The SMILES string of the molecule is CCCC(C)OC(CN)c1cccnc1. The zero-order chi connectivity index (χ0) is 11.1. The highest BCUT2D eigenvalue weighted by atomic mass is 16.5. The van der Waals surface area contributed by atoms with Crippen LogP contribution in [0.4, 0.5) is 0 Å². The third-order valence-corrected chi connectivity index (χ3v) is 2.36. The Bertz CT molecular complexity index is 264. The van der Waals surface area contributed by atoms with Crippen molar-refractivity contribution in [3.63, 3.8) is 0 Å². The van der Waals surface area contributed by atoms with Crippen LogP contribution in [-0.2, 0) is 4.74 Å². The standard InChI is InChI=1S/C12H20N2O/c1-3-5-10(2)15-12(8-13)11-6-4-7-14-9-11/h4,6-7,9-10,12H,3,5,8,13H2,1-2H3. The number of hydrogen-bond donors (Lipinski definition) is 1. The van der Waals surface area contributed by atoms with Crippen LogP contribution in [-0.4, -0.2) is 17.6 Å². The van der Waals surface area contributed by atoms with Crippen molar-refractivity contribution in [2.24, 2.45) is 5.73 Å². The summed E-state index contributed by atoms with van der Waals surface area (Å²) in [5, 5.41) is 0. The fourth-order valence-corrected chi connectivity index (χ4v) is 1.59. The van der Waals surface area contributed by atoms with Crippen LogP contribution < -0.4 is 5.73 Å². The molecule has 0 aliphatic rings. The van der Waals surface area contributed by atoms with Crippen LogP contribution in [0, 0.1) is 0 Å². The number of nitrogens with zero attached hydrogens (tertiary/aromatic N) is 1. The molecule has 1 rings (SSSR count). The molecule has 1 aromatic heterocycles. The molecule has 3 heteroatoms. The molecule has 1 aromatic rings. The van der Waals surface area contributed by atoms with E-state index in [0.29, 0.717) is 6.54 Å². The summed E-state index contributed by atoms with van der Waals surface area (Å²) in [7, 11) is 0. The Hall–Kier alpha value is -0.930. The molecule has 0 aliphatic heterocycles. The van der Waals surface area contributed by atoms with E-state index in [4.69, 9.17) is 10.5 Å². The Morgan fingerprint density at radius 3 is 2.87 bits per heavy atom. The van der Waals surface area contributed by atoms with Gasteiger partial charge in [-0.25, -0.2) is 0 Å². The minimum atomic E-state index is -0.0275. The van der Waals surface area contributed by atoms with Gasteiger partial charge >= 0.3 is 0 Å². The van der Waals surface area contributed by atoms with E-state index in [0.717, 1.165) is 18.4 Å². The second-order valence-corrected chi connectivity index (χ2v) is 3.75. The number of aromatic nitrogens is 1. The number of rotatable bonds is 6. The van der Waals surface area contributed by atoms with Gasteiger partial charge in [-0.2, -0.15) is 0 Å². The molecule has 15 heavy (non-hydrogen) atoms. The summed E-state index contributed by atoms with van der Waals surface area (Å²) >= 11 is 0. The molecule has 0 radical (unpaired) electrons. The molecular weight excluding hydrogens is 188 g/mol. The fraction of sp³-hybridized carbons (Fsp3) is 0.583. The Balaban J connectivity index is 2.56. The lowest BCUT2D eigenvalue weighted by molar-refractivity contribution is -0.00299. The molecule has 0 bridgehead atoms. The highest BCUT2D eigenvalue weighted by Gasteiger charge is 2.13. The van der Waals surface area contributed by atoms with Crippen LogP contribution in [0.5, 0.6) is 0 Å². The van der Waals surface area contributed by atoms with Crippen LogP contribution in [0.2, 0.25) is 0 Å². The maximum Gasteiger partial charge on any atom is 0.0965 e. The number of hydrogen-bond acceptors (Lipinski definition) is 3. The van der Waals surface area contributed by atoms with E-state index in [9.17, 15) is 0 Å². The molecule has 1 heterocycles. The van der Waals surface area contributed by atoms with Crippen molar-refractivity contribution in [3.8, 4) is 0 Å². The summed E-state index contributed by atoms with van der Waals surface area (Å²) in [4.78, 5) is 4.07. The van der Waals surface area contributed by atoms with Crippen molar-refractivity contribution in [2.45, 2.75) is 38.9 Å². The molecule has 0 fully saturated rings. The van der Waals surface area contributed by atoms with Crippen molar-refractivity contribution in [3.05, 3.63) is 30.1 Å². The van der Waals surface area contributed by atoms with E-state index >= 15 is 0 Å². The van der Waals surface area contributed by atoms with Gasteiger partial charge in [0, 0.05) is 24.5 Å². The maximum atomic E-state index is 5.86. The number of nitrogens with two attached hydrogens (primary N) is 1. The van der Waals surface area contributed by atoms with Gasteiger partial charge in [-0.15, -0.1) is 0 Å². The van der Waals surface area contributed by atoms with Crippen molar-refractivity contribution >= 4 is 0 Å². The Labute approximate surface area is 91.7 Å². The zero-order valence-corrected chi connectivity index (χ0v) is 9.52. The number of pyridine rings is 1. The average Bonchev–Trinajstić information content (AvgIpc) is 2.27. The summed E-state index contributed by atoms with van der Waals surface area (Å²) in [6.45, 7) is 4.74. The molecule has 0 amide bonds. The lowest BCUT2D eigenvalue weighted by atomic mass is 10.1. The minimum absolute atomic E-state index is 0.0275. The fourth-order valence-electron chi connectivity index (χ4n) is 1.59. The van der Waals surface area contributed by atoms with Gasteiger partial charge in [0.1, 0.15) is 0 Å². The Morgan fingerprint density at radius 1 is 1.53 bits per heavy atom. The van der Waals surface area contributed by atoms with Gasteiger partial charge in [-0.1, -0.05) is 19.4 Å². The summed E-state index contributed by atoms with van der Waals surface area (Å²) < 4.78 is 5.86. The minimum Gasteiger partial charge on any atom is -0.369 e. The largest absolute Gasteiger partial charge is 0.369 e. The molecule has 0 aromatic carbocycles. The number of ether oxygens (including phenoxy) is 1. The average molecular weight is 208 g/mol. The van der Waals surface area contributed by atoms with Crippen LogP contribution in [0.15, 0.2) is 24.5 Å².